The van der Waals surface area contributed by atoms with E-state index in [1.54, 1.807) is 36.0 Å². The molecule has 1 aliphatic rings. The number of carbonyl (C=O) groups excluding carboxylic acids is 1. The molecule has 0 radical (unpaired) electrons. The van der Waals surface area contributed by atoms with Gasteiger partial charge >= 0.3 is 0 Å². The number of nitrogens with one attached hydrogen (secondary N) is 1. The van der Waals surface area contributed by atoms with Crippen molar-refractivity contribution in [3.05, 3.63) is 87.4 Å². The molecule has 0 aromatic heterocycles. The largest absolute Gasteiger partial charge is 0.467 e. The van der Waals surface area contributed by atoms with E-state index in [2.05, 4.69) is 5.32 Å². The van der Waals surface area contributed by atoms with Gasteiger partial charge in [0.15, 0.2) is 6.79 Å². The smallest absolute Gasteiger partial charge is 0.255 e. The van der Waals surface area contributed by atoms with Crippen LogP contribution in [0.15, 0.2) is 65.6 Å². The van der Waals surface area contributed by atoms with E-state index in [1.807, 2.05) is 36.4 Å². The summed E-state index contributed by atoms with van der Waals surface area (Å²) >= 11 is 13.8. The van der Waals surface area contributed by atoms with Crippen LogP contribution in [-0.2, 0) is 17.1 Å². The number of thioether (sulfide) groups is 1. The second-order valence-electron chi connectivity index (χ2n) is 6.44. The van der Waals surface area contributed by atoms with Crippen LogP contribution >= 0.6 is 35.0 Å². The third-order valence-electron chi connectivity index (χ3n) is 4.32. The molecule has 4 rings (SSSR count). The Hall–Kier alpha value is -2.18. The number of hydrogen-bond donors (Lipinski definition) is 1. The number of anilines is 1. The van der Waals surface area contributed by atoms with Crippen molar-refractivity contribution in [1.82, 2.24) is 0 Å². The Morgan fingerprint density at radius 1 is 1.03 bits per heavy atom. The molecule has 0 unspecified atom stereocenters. The van der Waals surface area contributed by atoms with Gasteiger partial charge in [-0.15, -0.1) is 11.8 Å². The SMILES string of the molecule is O=C(Nc1cccc(SCc2cc(Cl)cc3c2OCOC3)c1)c1cccc(Cl)c1. The summed E-state index contributed by atoms with van der Waals surface area (Å²) in [5, 5.41) is 4.10. The van der Waals surface area contributed by atoms with Crippen molar-refractivity contribution in [3.8, 4) is 5.75 Å². The molecule has 1 N–H and O–H groups in total. The summed E-state index contributed by atoms with van der Waals surface area (Å²) in [6.07, 6.45) is 0. The van der Waals surface area contributed by atoms with Crippen LogP contribution in [0.1, 0.15) is 21.5 Å². The highest BCUT2D eigenvalue weighted by Crippen LogP contribution is 2.36. The van der Waals surface area contributed by atoms with E-state index < -0.39 is 0 Å². The van der Waals surface area contributed by atoms with Gasteiger partial charge in [0.05, 0.1) is 6.61 Å². The molecule has 0 atom stereocenters. The minimum absolute atomic E-state index is 0.202. The third kappa shape index (κ3) is 5.06. The summed E-state index contributed by atoms with van der Waals surface area (Å²) < 4.78 is 11.0. The third-order valence-corrected chi connectivity index (χ3v) is 5.82. The van der Waals surface area contributed by atoms with Gasteiger partial charge < -0.3 is 14.8 Å². The van der Waals surface area contributed by atoms with Crippen molar-refractivity contribution in [2.45, 2.75) is 17.3 Å². The first-order chi connectivity index (χ1) is 14.1. The maximum absolute atomic E-state index is 12.4. The first kappa shape index (κ1) is 20.1. The van der Waals surface area contributed by atoms with Crippen LogP contribution in [0.3, 0.4) is 0 Å². The zero-order valence-electron chi connectivity index (χ0n) is 15.3. The molecule has 148 valence electrons. The lowest BCUT2D eigenvalue weighted by molar-refractivity contribution is -0.0168. The van der Waals surface area contributed by atoms with Crippen LogP contribution < -0.4 is 10.1 Å². The van der Waals surface area contributed by atoms with Crippen LogP contribution in [0.2, 0.25) is 10.0 Å². The number of benzene rings is 3. The molecule has 0 saturated heterocycles. The van der Waals surface area contributed by atoms with Gasteiger partial charge in [0.1, 0.15) is 5.75 Å². The fourth-order valence-corrected chi connectivity index (χ4v) is 4.40. The Morgan fingerprint density at radius 2 is 1.90 bits per heavy atom. The Balaban J connectivity index is 1.46. The second kappa shape index (κ2) is 9.09. The van der Waals surface area contributed by atoms with Crippen LogP contribution in [-0.4, -0.2) is 12.7 Å². The van der Waals surface area contributed by atoms with Crippen LogP contribution in [0, 0.1) is 0 Å². The lowest BCUT2D eigenvalue weighted by atomic mass is 10.1. The fraction of sp³-hybridized carbons (Fsp3) is 0.136. The van der Waals surface area contributed by atoms with E-state index in [1.165, 1.54) is 0 Å². The zero-order chi connectivity index (χ0) is 20.2. The first-order valence-corrected chi connectivity index (χ1v) is 10.6. The first-order valence-electron chi connectivity index (χ1n) is 8.90. The van der Waals surface area contributed by atoms with E-state index >= 15 is 0 Å². The predicted octanol–water partition coefficient (Wildman–Crippen LogP) is 6.40. The van der Waals surface area contributed by atoms with Crippen molar-refractivity contribution in [3.63, 3.8) is 0 Å². The molecule has 1 aliphatic heterocycles. The molecular weight excluding hydrogens is 429 g/mol. The predicted molar refractivity (Wildman–Crippen MR) is 117 cm³/mol. The highest BCUT2D eigenvalue weighted by molar-refractivity contribution is 7.98. The number of carbonyl (C=O) groups is 1. The van der Waals surface area contributed by atoms with Gasteiger partial charge in [0, 0.05) is 43.1 Å². The van der Waals surface area contributed by atoms with Gasteiger partial charge in [-0.2, -0.15) is 0 Å². The standard InChI is InChI=1S/C22H17Cl2NO3S/c23-17-4-1-3-14(7-17)22(26)25-19-5-2-6-20(10-19)29-12-16-9-18(24)8-15-11-27-13-28-21(15)16/h1-10H,11-13H2,(H,25,26). The summed E-state index contributed by atoms with van der Waals surface area (Å²) in [6.45, 7) is 0.746. The molecule has 0 aliphatic carbocycles. The molecule has 3 aromatic rings. The van der Waals surface area contributed by atoms with Gasteiger partial charge in [0.25, 0.3) is 5.91 Å². The Bertz CT molecular complexity index is 1060. The zero-order valence-corrected chi connectivity index (χ0v) is 17.6. The lowest BCUT2D eigenvalue weighted by Crippen LogP contribution is -2.13. The number of rotatable bonds is 5. The van der Waals surface area contributed by atoms with Crippen molar-refractivity contribution in [1.29, 1.82) is 0 Å². The number of amides is 1. The summed E-state index contributed by atoms with van der Waals surface area (Å²) in [6, 6.07) is 18.4. The van der Waals surface area contributed by atoms with Crippen LogP contribution in [0.4, 0.5) is 5.69 Å². The number of halogens is 2. The van der Waals surface area contributed by atoms with E-state index in [4.69, 9.17) is 32.7 Å². The van der Waals surface area contributed by atoms with E-state index in [0.717, 1.165) is 27.5 Å². The van der Waals surface area contributed by atoms with Gasteiger partial charge in [-0.25, -0.2) is 0 Å². The summed E-state index contributed by atoms with van der Waals surface area (Å²) in [4.78, 5) is 13.5. The molecule has 1 amide bonds. The molecule has 4 nitrogen and oxygen atoms in total. The fourth-order valence-electron chi connectivity index (χ4n) is 3.02. The van der Waals surface area contributed by atoms with Gasteiger partial charge in [-0.1, -0.05) is 35.3 Å². The van der Waals surface area contributed by atoms with Crippen molar-refractivity contribution in [2.24, 2.45) is 0 Å². The second-order valence-corrected chi connectivity index (χ2v) is 8.37. The number of ether oxygens (including phenoxy) is 2. The Morgan fingerprint density at radius 3 is 2.76 bits per heavy atom. The van der Waals surface area contributed by atoms with Crippen LogP contribution in [0.5, 0.6) is 5.75 Å². The molecule has 0 spiro atoms. The lowest BCUT2D eigenvalue weighted by Gasteiger charge is -2.21. The van der Waals surface area contributed by atoms with Gasteiger partial charge in [-0.3, -0.25) is 4.79 Å². The average Bonchev–Trinajstić information content (AvgIpc) is 2.72. The summed E-state index contributed by atoms with van der Waals surface area (Å²) in [5.74, 6) is 1.33. The van der Waals surface area contributed by atoms with Gasteiger partial charge in [-0.05, 0) is 48.5 Å². The highest BCUT2D eigenvalue weighted by atomic mass is 35.5. The van der Waals surface area contributed by atoms with E-state index in [9.17, 15) is 4.79 Å². The number of hydrogen-bond acceptors (Lipinski definition) is 4. The molecule has 3 aromatic carbocycles. The van der Waals surface area contributed by atoms with E-state index in [0.29, 0.717) is 28.0 Å². The van der Waals surface area contributed by atoms with Crippen molar-refractivity contribution < 1.29 is 14.3 Å². The summed E-state index contributed by atoms with van der Waals surface area (Å²) in [7, 11) is 0. The average molecular weight is 446 g/mol. The van der Waals surface area contributed by atoms with Crippen LogP contribution in [0.25, 0.3) is 0 Å². The molecule has 0 fully saturated rings. The Labute approximate surface area is 183 Å². The minimum Gasteiger partial charge on any atom is -0.467 e. The van der Waals surface area contributed by atoms with Crippen molar-refractivity contribution in [2.75, 3.05) is 12.1 Å². The summed E-state index contributed by atoms with van der Waals surface area (Å²) in [5.41, 5.74) is 3.22. The van der Waals surface area contributed by atoms with Crippen molar-refractivity contribution >= 4 is 46.6 Å². The molecule has 0 bridgehead atoms. The topological polar surface area (TPSA) is 47.6 Å². The minimum atomic E-state index is -0.202. The molecule has 0 saturated carbocycles. The monoisotopic (exact) mass is 445 g/mol. The Kier molecular flexibility index (Phi) is 6.31. The maximum Gasteiger partial charge on any atom is 0.255 e. The quantitative estimate of drug-likeness (QED) is 0.461. The normalized spacial score (nSPS) is 12.8. The maximum atomic E-state index is 12.4. The number of fused-ring (bicyclic) bond motifs is 1. The highest BCUT2D eigenvalue weighted by Gasteiger charge is 2.16. The molecule has 1 heterocycles. The molecule has 29 heavy (non-hydrogen) atoms. The molecule has 7 heteroatoms. The molecular formula is C22H17Cl2NO3S. The van der Waals surface area contributed by atoms with E-state index in [-0.39, 0.29) is 12.7 Å². The van der Waals surface area contributed by atoms with Gasteiger partial charge in [0.2, 0.25) is 0 Å².